The first kappa shape index (κ1) is 51.9. The Morgan fingerprint density at radius 3 is 1.58 bits per heavy atom. The van der Waals surface area contributed by atoms with Crippen LogP contribution in [-0.4, -0.2) is 167 Å². The molecular formula is C39H70N6O15. The molecule has 3 unspecified atom stereocenters. The molecule has 0 amide bonds. The first-order valence-electron chi connectivity index (χ1n) is 21.6. The molecule has 21 nitrogen and oxygen atoms in total. The van der Waals surface area contributed by atoms with E-state index in [1.54, 1.807) is 0 Å². The number of carbonyl (C=O) groups is 1. The summed E-state index contributed by atoms with van der Waals surface area (Å²) >= 11 is 0. The molecule has 0 aromatic heterocycles. The number of unbranched alkanes of at least 4 members (excludes halogenated alkanes) is 5. The summed E-state index contributed by atoms with van der Waals surface area (Å²) in [6.07, 6.45) is -9.24. The van der Waals surface area contributed by atoms with Crippen LogP contribution >= 0.6 is 0 Å². The number of ether oxygens (including phenoxy) is 11. The molecule has 0 spiro atoms. The zero-order valence-electron chi connectivity index (χ0n) is 36.1. The maximum atomic E-state index is 14.2. The van der Waals surface area contributed by atoms with Gasteiger partial charge in [-0.05, 0) is 43.2 Å². The topological polar surface area (TPSA) is 277 Å². The molecular weight excluding hydrogens is 792 g/mol. The van der Waals surface area contributed by atoms with Crippen molar-refractivity contribution in [2.75, 3.05) is 53.4 Å². The normalized spacial score (nSPS) is 34.4. The Bertz CT molecular complexity index is 1300. The number of hydrogen-bond donors (Lipinski definition) is 3. The fraction of sp³-hybridized carbons (Fsp3) is 0.974. The van der Waals surface area contributed by atoms with E-state index in [2.05, 4.69) is 20.1 Å². The largest absolute Gasteiger partial charge is 0.464 e. The zero-order valence-corrected chi connectivity index (χ0v) is 36.1. The van der Waals surface area contributed by atoms with Gasteiger partial charge in [0.1, 0.15) is 54.8 Å². The van der Waals surface area contributed by atoms with Crippen LogP contribution in [0.5, 0.6) is 0 Å². The van der Waals surface area contributed by atoms with E-state index >= 15 is 0 Å². The van der Waals surface area contributed by atoms with Crippen LogP contribution < -0.4 is 0 Å². The molecule has 0 saturated carbocycles. The molecule has 0 aliphatic carbocycles. The highest BCUT2D eigenvalue weighted by Crippen LogP contribution is 2.37. The summed E-state index contributed by atoms with van der Waals surface area (Å²) in [5.41, 5.74) is 19.2. The SMILES string of the molecule is CCCCOC(=O)[C@@H]1O[C@@H](O[C@@H]2[C@H](CO)O[C@H](OC)C(N=[N+]=[N-])[C@H]2O)[C@@H](OCCCC)C(OCCCC)[C@@H]1O[C@H]1O[C@@H](CO)[C@@H](OCCCC)[C@H](OCCCC)C1N=[N+]=[N-]. The standard InChI is InChI=1S/C39H70N6O15/c1-7-12-17-51-30-25(23-47)57-38(27(43-45-41)31(30)52-18-13-8-2)59-33-32(53-19-14-9-3)35(54-20-15-10-4)39(60-34(33)36(49)55-21-16-11-5)58-29-24(22-46)56-37(50-6)26(28(29)48)42-44-40/h24-35,37-39,46-48H,7-23H2,1-6H3/t24-,25-,26?,27?,28+,29+,30+,31+,32?,33-,34+,35-,37-,38+,39+/m0/s1. The lowest BCUT2D eigenvalue weighted by molar-refractivity contribution is -0.369. The molecule has 0 aromatic carbocycles. The molecule has 21 heteroatoms. The minimum absolute atomic E-state index is 0.0528. The second kappa shape index (κ2) is 29.0. The van der Waals surface area contributed by atoms with Gasteiger partial charge in [0.05, 0.1) is 32.0 Å². The average Bonchev–Trinajstić information content (AvgIpc) is 3.25. The molecule has 3 aliphatic heterocycles. The molecule has 15 atom stereocenters. The number of rotatable bonds is 29. The van der Waals surface area contributed by atoms with Gasteiger partial charge in [-0.2, -0.15) is 0 Å². The van der Waals surface area contributed by atoms with Crippen molar-refractivity contribution in [3.05, 3.63) is 20.9 Å². The molecule has 0 aromatic rings. The Morgan fingerprint density at radius 2 is 1.05 bits per heavy atom. The fourth-order valence-electron chi connectivity index (χ4n) is 7.11. The molecule has 60 heavy (non-hydrogen) atoms. The molecule has 0 radical (unpaired) electrons. The van der Waals surface area contributed by atoms with Gasteiger partial charge in [-0.1, -0.05) is 77.0 Å². The Morgan fingerprint density at radius 1 is 0.583 bits per heavy atom. The molecule has 3 saturated heterocycles. The summed E-state index contributed by atoms with van der Waals surface area (Å²) in [6, 6.07) is -2.46. The predicted molar refractivity (Wildman–Crippen MR) is 213 cm³/mol. The van der Waals surface area contributed by atoms with Crippen molar-refractivity contribution in [2.24, 2.45) is 10.2 Å². The van der Waals surface area contributed by atoms with E-state index in [4.69, 9.17) is 52.1 Å². The number of carbonyl (C=O) groups excluding carboxylic acids is 1. The summed E-state index contributed by atoms with van der Waals surface area (Å²) in [6.45, 7) is 9.85. The van der Waals surface area contributed by atoms with Crippen LogP contribution in [0.3, 0.4) is 0 Å². The van der Waals surface area contributed by atoms with Gasteiger partial charge >= 0.3 is 5.97 Å². The average molecular weight is 863 g/mol. The van der Waals surface area contributed by atoms with E-state index in [0.717, 1.165) is 38.5 Å². The molecule has 346 valence electrons. The lowest BCUT2D eigenvalue weighted by atomic mass is 9.94. The van der Waals surface area contributed by atoms with Crippen LogP contribution in [0.15, 0.2) is 10.2 Å². The molecule has 0 bridgehead atoms. The maximum Gasteiger partial charge on any atom is 0.338 e. The van der Waals surface area contributed by atoms with Crippen molar-refractivity contribution in [2.45, 2.75) is 191 Å². The highest BCUT2D eigenvalue weighted by Gasteiger charge is 2.57. The number of esters is 1. The predicted octanol–water partition coefficient (Wildman–Crippen LogP) is 4.37. The van der Waals surface area contributed by atoms with Crippen LogP contribution in [0.25, 0.3) is 20.9 Å². The van der Waals surface area contributed by atoms with Crippen molar-refractivity contribution in [3.8, 4) is 0 Å². The third-order valence-corrected chi connectivity index (χ3v) is 10.5. The highest BCUT2D eigenvalue weighted by molar-refractivity contribution is 5.76. The van der Waals surface area contributed by atoms with Gasteiger partial charge in [-0.25, -0.2) is 4.79 Å². The fourth-order valence-corrected chi connectivity index (χ4v) is 7.11. The lowest BCUT2D eigenvalue weighted by Gasteiger charge is -2.50. The van der Waals surface area contributed by atoms with Gasteiger partial charge in [-0.3, -0.25) is 0 Å². The number of azide groups is 2. The van der Waals surface area contributed by atoms with E-state index in [0.29, 0.717) is 38.9 Å². The Hall–Kier alpha value is -2.43. The monoisotopic (exact) mass is 862 g/mol. The van der Waals surface area contributed by atoms with E-state index in [9.17, 15) is 31.2 Å². The van der Waals surface area contributed by atoms with Crippen LogP contribution in [0.1, 0.15) is 98.8 Å². The van der Waals surface area contributed by atoms with Crippen molar-refractivity contribution in [3.63, 3.8) is 0 Å². The molecule has 3 heterocycles. The summed E-state index contributed by atoms with van der Waals surface area (Å²) in [4.78, 5) is 20.2. The van der Waals surface area contributed by atoms with E-state index in [1.807, 2.05) is 34.6 Å². The van der Waals surface area contributed by atoms with Crippen molar-refractivity contribution >= 4 is 5.97 Å². The van der Waals surface area contributed by atoms with Gasteiger partial charge in [-0.15, -0.1) is 0 Å². The number of nitrogens with zero attached hydrogens (tertiary/aromatic N) is 6. The first-order valence-corrected chi connectivity index (χ1v) is 21.6. The maximum absolute atomic E-state index is 14.2. The highest BCUT2D eigenvalue weighted by atomic mass is 16.8. The van der Waals surface area contributed by atoms with E-state index in [1.165, 1.54) is 7.11 Å². The van der Waals surface area contributed by atoms with Gasteiger partial charge in [0.25, 0.3) is 0 Å². The molecule has 3 aliphatic rings. The number of hydrogen-bond acceptors (Lipinski definition) is 17. The quantitative estimate of drug-likeness (QED) is 0.0310. The second-order valence-corrected chi connectivity index (χ2v) is 15.0. The minimum atomic E-state index is -1.60. The Balaban J connectivity index is 2.18. The van der Waals surface area contributed by atoms with Crippen LogP contribution in [0.2, 0.25) is 0 Å². The zero-order chi connectivity index (χ0) is 43.9. The van der Waals surface area contributed by atoms with Gasteiger partial charge in [0.2, 0.25) is 0 Å². The van der Waals surface area contributed by atoms with Gasteiger partial charge in [0, 0.05) is 43.4 Å². The van der Waals surface area contributed by atoms with Crippen LogP contribution in [-0.2, 0) is 56.9 Å². The second-order valence-electron chi connectivity index (χ2n) is 15.0. The number of aliphatic hydroxyl groups excluding tert-OH is 3. The van der Waals surface area contributed by atoms with Crippen LogP contribution in [0.4, 0.5) is 0 Å². The Kier molecular flexibility index (Phi) is 25.1. The summed E-state index contributed by atoms with van der Waals surface area (Å²) in [5.74, 6) is -0.838. The van der Waals surface area contributed by atoms with E-state index < -0.39 is 111 Å². The third kappa shape index (κ3) is 14.6. The molecule has 3 fully saturated rings. The lowest BCUT2D eigenvalue weighted by Crippen LogP contribution is -2.68. The number of methoxy groups -OCH3 is 1. The van der Waals surface area contributed by atoms with Gasteiger partial charge < -0.3 is 67.4 Å². The van der Waals surface area contributed by atoms with Crippen LogP contribution in [0, 0.1) is 0 Å². The molecule has 3 rings (SSSR count). The van der Waals surface area contributed by atoms with Gasteiger partial charge in [0.15, 0.2) is 25.0 Å². The number of aliphatic hydroxyl groups is 3. The smallest absolute Gasteiger partial charge is 0.338 e. The minimum Gasteiger partial charge on any atom is -0.464 e. The third-order valence-electron chi connectivity index (χ3n) is 10.5. The Labute approximate surface area is 353 Å². The summed E-state index contributed by atoms with van der Waals surface area (Å²) < 4.78 is 68.4. The summed E-state index contributed by atoms with van der Waals surface area (Å²) in [7, 11) is 1.30. The van der Waals surface area contributed by atoms with Crippen molar-refractivity contribution in [1.29, 1.82) is 0 Å². The van der Waals surface area contributed by atoms with Crippen molar-refractivity contribution in [1.82, 2.24) is 0 Å². The van der Waals surface area contributed by atoms with Crippen molar-refractivity contribution < 1.29 is 72.2 Å². The molecule has 3 N–H and O–H groups in total. The summed E-state index contributed by atoms with van der Waals surface area (Å²) in [5, 5.41) is 40.3. The first-order chi connectivity index (χ1) is 29.2. The van der Waals surface area contributed by atoms with E-state index in [-0.39, 0.29) is 19.8 Å².